The van der Waals surface area contributed by atoms with Gasteiger partial charge in [0.15, 0.2) is 12.4 Å². The summed E-state index contributed by atoms with van der Waals surface area (Å²) in [4.78, 5) is 0. The molecule has 0 fully saturated rings. The number of hydrogen-bond acceptors (Lipinski definition) is 2. The lowest BCUT2D eigenvalue weighted by Crippen LogP contribution is -2.34. The Hall–Kier alpha value is -1.65. The lowest BCUT2D eigenvalue weighted by atomic mass is 9.80. The van der Waals surface area contributed by atoms with Gasteiger partial charge < -0.3 is 10.0 Å². The fourth-order valence-electron chi connectivity index (χ4n) is 1.42. The predicted molar refractivity (Wildman–Crippen MR) is 57.8 cm³/mol. The molecule has 2 rings (SSSR count). The van der Waals surface area contributed by atoms with Crippen molar-refractivity contribution >= 4 is 12.6 Å². The summed E-state index contributed by atoms with van der Waals surface area (Å²) in [5.74, 6) is 0. The van der Waals surface area contributed by atoms with Crippen molar-refractivity contribution in [2.24, 2.45) is 0 Å². The predicted octanol–water partition coefficient (Wildman–Crippen LogP) is -0.357. The highest BCUT2D eigenvalue weighted by molar-refractivity contribution is 6.58. The molecule has 74 valence electrons. The molecule has 4 heteroatoms. The van der Waals surface area contributed by atoms with Crippen molar-refractivity contribution in [1.29, 1.82) is 0 Å². The maximum atomic E-state index is 9.04. The molecule has 2 N–H and O–H groups in total. The Morgan fingerprint density at radius 1 is 0.933 bits per heavy atom. The zero-order chi connectivity index (χ0) is 10.7. The first-order chi connectivity index (χ1) is 7.27. The molecule has 3 nitrogen and oxygen atoms in total. The molecule has 1 heterocycles. The lowest BCUT2D eigenvalue weighted by Gasteiger charge is -1.99. The van der Waals surface area contributed by atoms with Gasteiger partial charge in [-0.3, -0.25) is 0 Å². The van der Waals surface area contributed by atoms with Crippen LogP contribution in [0.1, 0.15) is 0 Å². The molecule has 15 heavy (non-hydrogen) atoms. The first-order valence-electron chi connectivity index (χ1n) is 4.70. The zero-order valence-electron chi connectivity index (χ0n) is 8.12. The van der Waals surface area contributed by atoms with E-state index in [-0.39, 0.29) is 0 Å². The average molecular weight is 200 g/mol. The van der Waals surface area contributed by atoms with Crippen LogP contribution in [0.2, 0.25) is 0 Å². The highest BCUT2D eigenvalue weighted by Gasteiger charge is 2.13. The summed E-state index contributed by atoms with van der Waals surface area (Å²) < 4.78 is 1.91. The van der Waals surface area contributed by atoms with Crippen molar-refractivity contribution in [3.05, 3.63) is 54.9 Å². The van der Waals surface area contributed by atoms with Crippen LogP contribution < -0.4 is 10.0 Å². The highest BCUT2D eigenvalue weighted by Crippen LogP contribution is 1.96. The molecule has 0 radical (unpaired) electrons. The van der Waals surface area contributed by atoms with E-state index in [4.69, 9.17) is 10.0 Å². The minimum absolute atomic E-state index is 0.490. The van der Waals surface area contributed by atoms with Crippen molar-refractivity contribution in [2.45, 2.75) is 0 Å². The van der Waals surface area contributed by atoms with Crippen molar-refractivity contribution in [2.75, 3.05) is 0 Å². The molecule has 0 aliphatic carbocycles. The number of rotatable bonds is 2. The first kappa shape index (κ1) is 9.89. The number of hydrogen-bond donors (Lipinski definition) is 2. The van der Waals surface area contributed by atoms with Crippen molar-refractivity contribution in [3.8, 4) is 5.69 Å². The molecule has 0 amide bonds. The van der Waals surface area contributed by atoms with Crippen molar-refractivity contribution < 1.29 is 14.6 Å². The Kier molecular flexibility index (Phi) is 2.80. The van der Waals surface area contributed by atoms with E-state index in [2.05, 4.69) is 0 Å². The summed E-state index contributed by atoms with van der Waals surface area (Å²) in [6.07, 6.45) is 3.81. The molecule has 1 aromatic carbocycles. The molecule has 0 atom stereocenters. The van der Waals surface area contributed by atoms with E-state index < -0.39 is 7.12 Å². The second-order valence-electron chi connectivity index (χ2n) is 3.25. The van der Waals surface area contributed by atoms with E-state index in [1.54, 1.807) is 18.2 Å². The Labute approximate surface area is 88.4 Å². The molecule has 0 bridgehead atoms. The van der Waals surface area contributed by atoms with Gasteiger partial charge in [0.05, 0.1) is 0 Å². The van der Waals surface area contributed by atoms with E-state index in [1.807, 2.05) is 41.2 Å². The van der Waals surface area contributed by atoms with Crippen LogP contribution in [0.5, 0.6) is 0 Å². The van der Waals surface area contributed by atoms with Gasteiger partial charge in [0.2, 0.25) is 5.69 Å². The van der Waals surface area contributed by atoms with Crippen LogP contribution >= 0.6 is 0 Å². The summed E-state index contributed by atoms with van der Waals surface area (Å²) in [6, 6.07) is 12.9. The summed E-state index contributed by atoms with van der Waals surface area (Å²) in [6.45, 7) is 0. The SMILES string of the molecule is OB(O)c1cccc(-[n+]2ccccc2)c1. The van der Waals surface area contributed by atoms with Crippen LogP contribution in [-0.2, 0) is 0 Å². The second kappa shape index (κ2) is 4.25. The summed E-state index contributed by atoms with van der Waals surface area (Å²) >= 11 is 0. The minimum atomic E-state index is -1.42. The molecule has 0 saturated carbocycles. The third-order valence-electron chi connectivity index (χ3n) is 2.18. The lowest BCUT2D eigenvalue weighted by molar-refractivity contribution is -0.595. The summed E-state index contributed by atoms with van der Waals surface area (Å²) in [5, 5.41) is 18.1. The molecule has 0 aliphatic heterocycles. The fourth-order valence-corrected chi connectivity index (χ4v) is 1.42. The molecule has 0 aliphatic rings. The van der Waals surface area contributed by atoms with Gasteiger partial charge >= 0.3 is 7.12 Å². The van der Waals surface area contributed by atoms with E-state index in [1.165, 1.54) is 0 Å². The largest absolute Gasteiger partial charge is 0.488 e. The van der Waals surface area contributed by atoms with Crippen molar-refractivity contribution in [1.82, 2.24) is 0 Å². The van der Waals surface area contributed by atoms with Gasteiger partial charge in [0, 0.05) is 24.3 Å². The minimum Gasteiger partial charge on any atom is -0.423 e. The second-order valence-corrected chi connectivity index (χ2v) is 3.25. The van der Waals surface area contributed by atoms with Gasteiger partial charge in [-0.1, -0.05) is 18.2 Å². The maximum Gasteiger partial charge on any atom is 0.488 e. The van der Waals surface area contributed by atoms with Crippen LogP contribution in [0.25, 0.3) is 5.69 Å². The Balaban J connectivity index is 2.42. The van der Waals surface area contributed by atoms with E-state index >= 15 is 0 Å². The van der Waals surface area contributed by atoms with E-state index in [0.717, 1.165) is 5.69 Å². The number of aromatic nitrogens is 1. The molecule has 0 spiro atoms. The molecule has 1 aromatic heterocycles. The monoisotopic (exact) mass is 200 g/mol. The van der Waals surface area contributed by atoms with E-state index in [9.17, 15) is 0 Å². The molecule has 2 aromatic rings. The normalized spacial score (nSPS) is 10.0. The van der Waals surface area contributed by atoms with Crippen molar-refractivity contribution in [3.63, 3.8) is 0 Å². The van der Waals surface area contributed by atoms with Crippen LogP contribution in [0, 0.1) is 0 Å². The van der Waals surface area contributed by atoms with Gasteiger partial charge in [-0.2, -0.15) is 4.57 Å². The molecule has 0 saturated heterocycles. The van der Waals surface area contributed by atoms with Crippen LogP contribution in [0.3, 0.4) is 0 Å². The topological polar surface area (TPSA) is 44.3 Å². The smallest absolute Gasteiger partial charge is 0.423 e. The third-order valence-corrected chi connectivity index (χ3v) is 2.18. The Morgan fingerprint density at radius 2 is 1.67 bits per heavy atom. The fraction of sp³-hybridized carbons (Fsp3) is 0. The van der Waals surface area contributed by atoms with Crippen LogP contribution in [-0.4, -0.2) is 17.2 Å². The third kappa shape index (κ3) is 2.23. The van der Waals surface area contributed by atoms with Gasteiger partial charge in [-0.15, -0.1) is 0 Å². The number of pyridine rings is 1. The van der Waals surface area contributed by atoms with Crippen LogP contribution in [0.4, 0.5) is 0 Å². The van der Waals surface area contributed by atoms with Crippen LogP contribution in [0.15, 0.2) is 54.9 Å². The molecular formula is C11H11BNO2+. The highest BCUT2D eigenvalue weighted by atomic mass is 16.4. The zero-order valence-corrected chi connectivity index (χ0v) is 8.12. The molecule has 0 unspecified atom stereocenters. The Morgan fingerprint density at radius 3 is 2.33 bits per heavy atom. The average Bonchev–Trinajstić information content (AvgIpc) is 2.30. The number of nitrogens with zero attached hydrogens (tertiary/aromatic N) is 1. The van der Waals surface area contributed by atoms with Gasteiger partial charge in [-0.25, -0.2) is 0 Å². The number of benzene rings is 1. The first-order valence-corrected chi connectivity index (χ1v) is 4.70. The maximum absolute atomic E-state index is 9.04. The summed E-state index contributed by atoms with van der Waals surface area (Å²) in [7, 11) is -1.42. The standard InChI is InChI=1S/C11H11BNO2/c14-12(15)10-5-4-6-11(9-10)13-7-2-1-3-8-13/h1-9,14-15H/q+1. The quantitative estimate of drug-likeness (QED) is 0.513. The van der Waals surface area contributed by atoms with Gasteiger partial charge in [0.25, 0.3) is 0 Å². The molecular weight excluding hydrogens is 189 g/mol. The van der Waals surface area contributed by atoms with E-state index in [0.29, 0.717) is 5.46 Å². The van der Waals surface area contributed by atoms with Gasteiger partial charge in [0.1, 0.15) is 0 Å². The summed E-state index contributed by atoms with van der Waals surface area (Å²) in [5.41, 5.74) is 1.39. The van der Waals surface area contributed by atoms with Gasteiger partial charge in [-0.05, 0) is 5.46 Å². The Bertz CT molecular complexity index is 445.